The van der Waals surface area contributed by atoms with Crippen LogP contribution in [0.25, 0.3) is 0 Å². The maximum Gasteiger partial charge on any atom is 0.0811 e. The molecule has 0 heterocycles. The average molecular weight is 389 g/mol. The van der Waals surface area contributed by atoms with Gasteiger partial charge in [0.05, 0.1) is 17.8 Å². The monoisotopic (exact) mass is 388 g/mol. The van der Waals surface area contributed by atoms with Gasteiger partial charge in [-0.1, -0.05) is 38.2 Å². The fourth-order valence-corrected chi connectivity index (χ4v) is 6.61. The number of hydrogen-bond acceptors (Lipinski definition) is 3. The second-order valence-corrected chi connectivity index (χ2v) is 10.7. The van der Waals surface area contributed by atoms with Crippen molar-refractivity contribution in [2.45, 2.75) is 96.9 Å². The Morgan fingerprint density at radius 2 is 1.96 bits per heavy atom. The molecule has 0 amide bonds. The van der Waals surface area contributed by atoms with Crippen LogP contribution in [0.1, 0.15) is 79.1 Å². The van der Waals surface area contributed by atoms with E-state index in [1.807, 2.05) is 13.8 Å². The molecular formula is C25H40O3. The summed E-state index contributed by atoms with van der Waals surface area (Å²) in [5, 5.41) is 30.4. The van der Waals surface area contributed by atoms with Crippen molar-refractivity contribution in [3.05, 3.63) is 35.5 Å². The minimum absolute atomic E-state index is 0.315. The van der Waals surface area contributed by atoms with Crippen LogP contribution in [-0.2, 0) is 0 Å². The second kappa shape index (κ2) is 8.08. The van der Waals surface area contributed by atoms with E-state index < -0.39 is 17.8 Å². The zero-order valence-electron chi connectivity index (χ0n) is 18.2. The Labute approximate surface area is 171 Å². The highest BCUT2D eigenvalue weighted by Gasteiger charge is 2.51. The van der Waals surface area contributed by atoms with Gasteiger partial charge in [-0.15, -0.1) is 0 Å². The summed E-state index contributed by atoms with van der Waals surface area (Å²) in [5.41, 5.74) is 3.01. The smallest absolute Gasteiger partial charge is 0.0811 e. The van der Waals surface area contributed by atoms with Gasteiger partial charge in [0.15, 0.2) is 0 Å². The summed E-state index contributed by atoms with van der Waals surface area (Å²) in [6.45, 7) is 12.7. The van der Waals surface area contributed by atoms with Crippen LogP contribution in [-0.4, -0.2) is 33.1 Å². The maximum absolute atomic E-state index is 10.3. The molecule has 0 aromatic carbocycles. The SMILES string of the molecule is C=C1/C(=C\C=C2/CCC[C@@]3(C)C2CCC3[C@H](C)CC(C)(C)O)C[C@@H](O)C[C@@H]1O. The van der Waals surface area contributed by atoms with Crippen LogP contribution in [0.4, 0.5) is 0 Å². The topological polar surface area (TPSA) is 60.7 Å². The van der Waals surface area contributed by atoms with E-state index in [1.165, 1.54) is 31.3 Å². The summed E-state index contributed by atoms with van der Waals surface area (Å²) in [7, 11) is 0. The number of aliphatic hydroxyl groups excluding tert-OH is 2. The summed E-state index contributed by atoms with van der Waals surface area (Å²) in [6, 6.07) is 0. The van der Waals surface area contributed by atoms with E-state index in [-0.39, 0.29) is 0 Å². The summed E-state index contributed by atoms with van der Waals surface area (Å²) in [5.74, 6) is 1.80. The lowest BCUT2D eigenvalue weighted by atomic mass is 9.60. The van der Waals surface area contributed by atoms with E-state index in [2.05, 4.69) is 32.6 Å². The van der Waals surface area contributed by atoms with E-state index in [1.54, 1.807) is 0 Å². The molecule has 28 heavy (non-hydrogen) atoms. The Hall–Kier alpha value is -0.900. The molecule has 3 N–H and O–H groups in total. The second-order valence-electron chi connectivity index (χ2n) is 10.7. The number of rotatable bonds is 4. The lowest BCUT2D eigenvalue weighted by molar-refractivity contribution is 0.0193. The zero-order valence-corrected chi connectivity index (χ0v) is 18.2. The van der Waals surface area contributed by atoms with Crippen molar-refractivity contribution in [3.63, 3.8) is 0 Å². The Morgan fingerprint density at radius 1 is 1.25 bits per heavy atom. The van der Waals surface area contributed by atoms with Crippen molar-refractivity contribution in [1.29, 1.82) is 0 Å². The molecule has 6 atom stereocenters. The molecule has 3 fully saturated rings. The van der Waals surface area contributed by atoms with Crippen molar-refractivity contribution in [2.75, 3.05) is 0 Å². The molecule has 0 bridgehead atoms. The number of aliphatic hydroxyl groups is 3. The number of fused-ring (bicyclic) bond motifs is 1. The van der Waals surface area contributed by atoms with Crippen LogP contribution in [0.2, 0.25) is 0 Å². The highest BCUT2D eigenvalue weighted by Crippen LogP contribution is 2.60. The average Bonchev–Trinajstić information content (AvgIpc) is 2.93. The molecule has 2 unspecified atom stereocenters. The third kappa shape index (κ3) is 4.47. The first kappa shape index (κ1) is 21.8. The van der Waals surface area contributed by atoms with Gasteiger partial charge in [0.25, 0.3) is 0 Å². The summed E-state index contributed by atoms with van der Waals surface area (Å²) >= 11 is 0. The number of allylic oxidation sites excluding steroid dienone is 3. The van der Waals surface area contributed by atoms with Crippen molar-refractivity contribution in [2.24, 2.45) is 23.2 Å². The largest absolute Gasteiger partial charge is 0.393 e. The van der Waals surface area contributed by atoms with Crippen molar-refractivity contribution >= 4 is 0 Å². The van der Waals surface area contributed by atoms with Gasteiger partial charge >= 0.3 is 0 Å². The Bertz CT molecular complexity index is 653. The first-order valence-electron chi connectivity index (χ1n) is 11.2. The third-order valence-corrected chi connectivity index (χ3v) is 7.81. The molecule has 3 heteroatoms. The number of hydrogen-bond donors (Lipinski definition) is 3. The maximum atomic E-state index is 10.3. The van der Waals surface area contributed by atoms with E-state index in [9.17, 15) is 15.3 Å². The van der Waals surface area contributed by atoms with Gasteiger partial charge in [-0.25, -0.2) is 0 Å². The van der Waals surface area contributed by atoms with Crippen LogP contribution in [0, 0.1) is 23.2 Å². The fraction of sp³-hybridized carbons (Fsp3) is 0.760. The molecule has 3 aliphatic carbocycles. The minimum Gasteiger partial charge on any atom is -0.393 e. The van der Waals surface area contributed by atoms with Crippen molar-refractivity contribution in [3.8, 4) is 0 Å². The van der Waals surface area contributed by atoms with Gasteiger partial charge in [-0.05, 0) is 93.1 Å². The highest BCUT2D eigenvalue weighted by molar-refractivity contribution is 5.38. The van der Waals surface area contributed by atoms with Gasteiger partial charge in [0, 0.05) is 6.42 Å². The van der Waals surface area contributed by atoms with E-state index >= 15 is 0 Å². The molecule has 0 spiro atoms. The first-order chi connectivity index (χ1) is 13.0. The Kier molecular flexibility index (Phi) is 6.29. The Morgan fingerprint density at radius 3 is 2.64 bits per heavy atom. The third-order valence-electron chi connectivity index (χ3n) is 7.81. The molecule has 0 aliphatic heterocycles. The van der Waals surface area contributed by atoms with Crippen LogP contribution < -0.4 is 0 Å². The predicted molar refractivity (Wildman–Crippen MR) is 115 cm³/mol. The normalized spacial score (nSPS) is 40.8. The minimum atomic E-state index is -0.622. The molecule has 0 aromatic heterocycles. The summed E-state index contributed by atoms with van der Waals surface area (Å²) < 4.78 is 0. The van der Waals surface area contributed by atoms with Crippen LogP contribution in [0.3, 0.4) is 0 Å². The summed E-state index contributed by atoms with van der Waals surface area (Å²) in [6.07, 6.45) is 11.3. The molecule has 158 valence electrons. The van der Waals surface area contributed by atoms with Gasteiger partial charge in [-0.2, -0.15) is 0 Å². The molecule has 0 aromatic rings. The molecular weight excluding hydrogens is 348 g/mol. The predicted octanol–water partition coefficient (Wildman–Crippen LogP) is 4.92. The molecule has 3 saturated carbocycles. The molecule has 3 rings (SSSR count). The van der Waals surface area contributed by atoms with Crippen LogP contribution in [0.5, 0.6) is 0 Å². The molecule has 0 saturated heterocycles. The highest BCUT2D eigenvalue weighted by atomic mass is 16.3. The van der Waals surface area contributed by atoms with Gasteiger partial charge < -0.3 is 15.3 Å². The standard InChI is InChI=1S/C25H40O3/c1-16(15-24(3,4)28)21-10-11-22-18(7-6-12-25(21,22)5)8-9-19-13-20(26)14-23(27)17(19)2/h8-9,16,20-23,26-28H,2,6-7,10-15H2,1,3-5H3/b18-8+,19-9-/t16-,20-,21?,22?,23+,25-/m1/s1. The quantitative estimate of drug-likeness (QED) is 0.640. The fourth-order valence-electron chi connectivity index (χ4n) is 6.61. The molecule has 3 nitrogen and oxygen atoms in total. The van der Waals surface area contributed by atoms with Crippen molar-refractivity contribution in [1.82, 2.24) is 0 Å². The van der Waals surface area contributed by atoms with E-state index in [4.69, 9.17) is 0 Å². The summed E-state index contributed by atoms with van der Waals surface area (Å²) in [4.78, 5) is 0. The van der Waals surface area contributed by atoms with Crippen LogP contribution in [0.15, 0.2) is 35.5 Å². The van der Waals surface area contributed by atoms with Gasteiger partial charge in [0.1, 0.15) is 0 Å². The van der Waals surface area contributed by atoms with Crippen LogP contribution >= 0.6 is 0 Å². The lowest BCUT2D eigenvalue weighted by Gasteiger charge is -2.45. The van der Waals surface area contributed by atoms with Gasteiger partial charge in [-0.3, -0.25) is 0 Å². The van der Waals surface area contributed by atoms with Crippen molar-refractivity contribution < 1.29 is 15.3 Å². The molecule has 0 radical (unpaired) electrons. The lowest BCUT2D eigenvalue weighted by Crippen LogP contribution is -2.37. The van der Waals surface area contributed by atoms with E-state index in [0.717, 1.165) is 24.0 Å². The first-order valence-corrected chi connectivity index (χ1v) is 11.2. The zero-order chi connectivity index (χ0) is 20.7. The van der Waals surface area contributed by atoms with E-state index in [0.29, 0.717) is 36.0 Å². The molecule has 3 aliphatic rings. The Balaban J connectivity index is 1.79. The van der Waals surface area contributed by atoms with Gasteiger partial charge in [0.2, 0.25) is 0 Å².